The fraction of sp³-hybridized carbons (Fsp3) is 0.444. The Morgan fingerprint density at radius 3 is 2.62 bits per heavy atom. The summed E-state index contributed by atoms with van der Waals surface area (Å²) in [6.07, 6.45) is 1.68. The number of fused-ring (bicyclic) bond motifs is 3. The number of likely N-dealkylation sites (N-methyl/N-ethyl adjacent to an activating group) is 1. The van der Waals surface area contributed by atoms with E-state index in [2.05, 4.69) is 50.4 Å². The summed E-state index contributed by atoms with van der Waals surface area (Å²) in [7, 11) is 3.78. The van der Waals surface area contributed by atoms with Crippen molar-refractivity contribution < 1.29 is 4.74 Å². The number of rotatable bonds is 3. The van der Waals surface area contributed by atoms with Gasteiger partial charge in [-0.3, -0.25) is 0 Å². The number of hydrogen-bond acceptors (Lipinski definition) is 5. The molecule has 126 valence electrons. The van der Waals surface area contributed by atoms with Gasteiger partial charge in [0.15, 0.2) is 5.82 Å². The minimum atomic E-state index is 0.853. The van der Waals surface area contributed by atoms with Gasteiger partial charge >= 0.3 is 0 Å². The van der Waals surface area contributed by atoms with Crippen molar-refractivity contribution >= 4 is 27.8 Å². The van der Waals surface area contributed by atoms with Gasteiger partial charge in [0.25, 0.3) is 0 Å². The zero-order chi connectivity index (χ0) is 16.7. The quantitative estimate of drug-likeness (QED) is 0.739. The Kier molecular flexibility index (Phi) is 3.76. The monoisotopic (exact) mass is 325 g/mol. The maximum absolute atomic E-state index is 5.38. The molecule has 1 aliphatic heterocycles. The Morgan fingerprint density at radius 1 is 1.12 bits per heavy atom. The van der Waals surface area contributed by atoms with Gasteiger partial charge in [-0.25, -0.2) is 9.97 Å². The van der Waals surface area contributed by atoms with E-state index in [1.54, 1.807) is 13.4 Å². The number of nitrogens with zero attached hydrogens (tertiary/aromatic N) is 5. The summed E-state index contributed by atoms with van der Waals surface area (Å²) in [5, 5.41) is 1.11. The molecule has 0 unspecified atom stereocenters. The van der Waals surface area contributed by atoms with Crippen molar-refractivity contribution in [2.45, 2.75) is 6.92 Å². The molecular formula is C18H23N5O. The normalized spacial score (nSPS) is 16.2. The zero-order valence-corrected chi connectivity index (χ0v) is 14.5. The minimum absolute atomic E-state index is 0.853. The van der Waals surface area contributed by atoms with Crippen LogP contribution in [0.15, 0.2) is 24.5 Å². The van der Waals surface area contributed by atoms with E-state index in [4.69, 9.17) is 4.74 Å². The molecule has 0 spiro atoms. The van der Waals surface area contributed by atoms with Crippen molar-refractivity contribution in [3.8, 4) is 5.75 Å². The van der Waals surface area contributed by atoms with Gasteiger partial charge in [-0.05, 0) is 24.7 Å². The molecule has 0 aliphatic carbocycles. The van der Waals surface area contributed by atoms with E-state index >= 15 is 0 Å². The maximum Gasteiger partial charge on any atom is 0.156 e. The highest BCUT2D eigenvalue weighted by molar-refractivity contribution is 6.09. The highest BCUT2D eigenvalue weighted by Gasteiger charge is 2.22. The molecule has 0 bridgehead atoms. The van der Waals surface area contributed by atoms with Crippen LogP contribution in [0, 0.1) is 0 Å². The summed E-state index contributed by atoms with van der Waals surface area (Å²) >= 11 is 0. The first-order valence-corrected chi connectivity index (χ1v) is 8.47. The van der Waals surface area contributed by atoms with Crippen LogP contribution >= 0.6 is 0 Å². The molecule has 2 aromatic heterocycles. The van der Waals surface area contributed by atoms with Gasteiger partial charge in [0, 0.05) is 38.6 Å². The Hall–Kier alpha value is -2.34. The summed E-state index contributed by atoms with van der Waals surface area (Å²) < 4.78 is 7.58. The third kappa shape index (κ3) is 2.29. The molecule has 24 heavy (non-hydrogen) atoms. The number of ether oxygens (including phenoxy) is 1. The molecule has 3 aromatic rings. The first-order chi connectivity index (χ1) is 11.7. The lowest BCUT2D eigenvalue weighted by atomic mass is 10.2. The molecule has 4 rings (SSSR count). The van der Waals surface area contributed by atoms with Gasteiger partial charge in [0.2, 0.25) is 0 Å². The molecule has 0 saturated carbocycles. The van der Waals surface area contributed by atoms with Gasteiger partial charge < -0.3 is 19.1 Å². The summed E-state index contributed by atoms with van der Waals surface area (Å²) in [5.41, 5.74) is 3.25. The number of aryl methyl sites for hydroxylation is 1. The van der Waals surface area contributed by atoms with Gasteiger partial charge in [-0.15, -0.1) is 0 Å². The Labute approximate surface area is 141 Å². The van der Waals surface area contributed by atoms with Crippen LogP contribution in [0.4, 0.5) is 5.82 Å². The van der Waals surface area contributed by atoms with Crippen molar-refractivity contribution in [3.63, 3.8) is 0 Å². The molecule has 0 atom stereocenters. The molecular weight excluding hydrogens is 302 g/mol. The Morgan fingerprint density at radius 2 is 1.92 bits per heavy atom. The number of piperazine rings is 1. The van der Waals surface area contributed by atoms with Crippen molar-refractivity contribution in [1.82, 2.24) is 19.4 Å². The Bertz CT molecular complexity index is 880. The van der Waals surface area contributed by atoms with Crippen LogP contribution in [-0.2, 0) is 7.05 Å². The summed E-state index contributed by atoms with van der Waals surface area (Å²) in [6.45, 7) is 7.51. The van der Waals surface area contributed by atoms with Crippen molar-refractivity contribution in [3.05, 3.63) is 24.5 Å². The van der Waals surface area contributed by atoms with Crippen LogP contribution in [0.3, 0.4) is 0 Å². The van der Waals surface area contributed by atoms with Crippen molar-refractivity contribution in [2.24, 2.45) is 7.05 Å². The fourth-order valence-electron chi connectivity index (χ4n) is 3.63. The van der Waals surface area contributed by atoms with E-state index in [1.165, 1.54) is 0 Å². The minimum Gasteiger partial charge on any atom is -0.497 e. The largest absolute Gasteiger partial charge is 0.497 e. The molecule has 1 aliphatic rings. The highest BCUT2D eigenvalue weighted by atomic mass is 16.5. The van der Waals surface area contributed by atoms with Gasteiger partial charge in [0.05, 0.1) is 12.6 Å². The predicted octanol–water partition coefficient (Wildman–Crippen LogP) is 2.27. The standard InChI is InChI=1S/C18H23N5O/c1-4-22-7-9-23(10-8-22)18-17-16(19-12-20-18)14-11-13(24-3)5-6-15(14)21(17)2/h5-6,11-12H,4,7-10H2,1-3H3. The summed E-state index contributed by atoms with van der Waals surface area (Å²) in [4.78, 5) is 14.0. The van der Waals surface area contributed by atoms with E-state index < -0.39 is 0 Å². The molecule has 1 aromatic carbocycles. The molecule has 6 heteroatoms. The van der Waals surface area contributed by atoms with Crippen molar-refractivity contribution in [2.75, 3.05) is 44.7 Å². The third-order valence-corrected chi connectivity index (χ3v) is 5.08. The maximum atomic E-state index is 5.38. The van der Waals surface area contributed by atoms with Gasteiger partial charge in [-0.1, -0.05) is 6.92 Å². The van der Waals surface area contributed by atoms with E-state index in [0.29, 0.717) is 0 Å². The van der Waals surface area contributed by atoms with Crippen LogP contribution in [0.1, 0.15) is 6.92 Å². The van der Waals surface area contributed by atoms with Crippen LogP contribution in [0.5, 0.6) is 5.75 Å². The number of methoxy groups -OCH3 is 1. The van der Waals surface area contributed by atoms with Crippen LogP contribution < -0.4 is 9.64 Å². The van der Waals surface area contributed by atoms with E-state index in [0.717, 1.165) is 66.2 Å². The number of benzene rings is 1. The molecule has 0 N–H and O–H groups in total. The average Bonchev–Trinajstić information content (AvgIpc) is 2.94. The highest BCUT2D eigenvalue weighted by Crippen LogP contribution is 2.33. The number of anilines is 1. The van der Waals surface area contributed by atoms with Crippen LogP contribution in [-0.4, -0.2) is 59.3 Å². The average molecular weight is 325 g/mol. The molecule has 1 fully saturated rings. The summed E-state index contributed by atoms with van der Waals surface area (Å²) in [6, 6.07) is 6.15. The van der Waals surface area contributed by atoms with Gasteiger partial charge in [-0.2, -0.15) is 0 Å². The van der Waals surface area contributed by atoms with E-state index in [1.807, 2.05) is 6.07 Å². The summed E-state index contributed by atoms with van der Waals surface area (Å²) in [5.74, 6) is 1.89. The smallest absolute Gasteiger partial charge is 0.156 e. The SMILES string of the molecule is CCN1CCN(c2ncnc3c4cc(OC)ccc4n(C)c23)CC1. The van der Waals surface area contributed by atoms with Gasteiger partial charge in [0.1, 0.15) is 23.1 Å². The fourth-order valence-corrected chi connectivity index (χ4v) is 3.63. The lowest BCUT2D eigenvalue weighted by Gasteiger charge is -2.35. The van der Waals surface area contributed by atoms with Crippen LogP contribution in [0.2, 0.25) is 0 Å². The second-order valence-electron chi connectivity index (χ2n) is 6.26. The molecule has 0 amide bonds. The molecule has 1 saturated heterocycles. The second-order valence-corrected chi connectivity index (χ2v) is 6.26. The first-order valence-electron chi connectivity index (χ1n) is 8.47. The molecule has 6 nitrogen and oxygen atoms in total. The van der Waals surface area contributed by atoms with Crippen molar-refractivity contribution in [1.29, 1.82) is 0 Å². The Balaban J connectivity index is 1.85. The number of hydrogen-bond donors (Lipinski definition) is 0. The first kappa shape index (κ1) is 15.2. The predicted molar refractivity (Wildman–Crippen MR) is 96.9 cm³/mol. The molecule has 0 radical (unpaired) electrons. The van der Waals surface area contributed by atoms with E-state index in [-0.39, 0.29) is 0 Å². The third-order valence-electron chi connectivity index (χ3n) is 5.08. The number of aromatic nitrogens is 3. The van der Waals surface area contributed by atoms with E-state index in [9.17, 15) is 0 Å². The van der Waals surface area contributed by atoms with Crippen LogP contribution in [0.25, 0.3) is 21.9 Å². The topological polar surface area (TPSA) is 46.4 Å². The lowest BCUT2D eigenvalue weighted by molar-refractivity contribution is 0.270. The molecule has 3 heterocycles. The second kappa shape index (κ2) is 5.94. The zero-order valence-electron chi connectivity index (χ0n) is 14.5. The lowest BCUT2D eigenvalue weighted by Crippen LogP contribution is -2.46.